The van der Waals surface area contributed by atoms with Crippen LogP contribution >= 0.6 is 11.6 Å². The molecule has 0 saturated carbocycles. The molecule has 0 fully saturated rings. The average Bonchev–Trinajstić information content (AvgIpc) is 2.57. The predicted octanol–water partition coefficient (Wildman–Crippen LogP) is 2.17. The van der Waals surface area contributed by atoms with E-state index >= 15 is 0 Å². The van der Waals surface area contributed by atoms with E-state index < -0.39 is 22.6 Å². The molecule has 0 unspecified atom stereocenters. The van der Waals surface area contributed by atoms with Crippen LogP contribution in [0.1, 0.15) is 15.9 Å². The average molecular weight is 366 g/mol. The molecule has 0 saturated heterocycles. The second-order valence-corrected chi connectivity index (χ2v) is 5.65. The Kier molecular flexibility index (Phi) is 6.11. The maximum atomic E-state index is 14.4. The van der Waals surface area contributed by atoms with Crippen molar-refractivity contribution in [3.05, 3.63) is 58.8 Å². The Labute approximate surface area is 149 Å². The normalized spacial score (nSPS) is 10.4. The lowest BCUT2D eigenvalue weighted by atomic mass is 9.97. The van der Waals surface area contributed by atoms with Crippen molar-refractivity contribution in [3.8, 4) is 0 Å². The van der Waals surface area contributed by atoms with Crippen LogP contribution in [0.15, 0.2) is 31.0 Å². The van der Waals surface area contributed by atoms with E-state index in [1.807, 2.05) is 13.9 Å². The Hall–Kier alpha value is -2.45. The first-order valence-corrected chi connectivity index (χ1v) is 7.63. The molecule has 0 radical (unpaired) electrons. The molecule has 1 heterocycles. The number of nitrogens with zero attached hydrogens (tertiary/aromatic N) is 1. The lowest BCUT2D eigenvalue weighted by Gasteiger charge is -2.15. The smallest absolute Gasteiger partial charge is 0.277 e. The van der Waals surface area contributed by atoms with E-state index in [1.54, 1.807) is 13.1 Å². The number of hydroxylamine groups is 1. The van der Waals surface area contributed by atoms with E-state index in [4.69, 9.17) is 16.4 Å². The van der Waals surface area contributed by atoms with Crippen LogP contribution in [0, 0.1) is 18.6 Å². The number of aromatic nitrogens is 1. The lowest BCUT2D eigenvalue weighted by Crippen LogP contribution is -2.25. The summed E-state index contributed by atoms with van der Waals surface area (Å²) in [6.07, 6.45) is 2.98. The molecule has 130 valence electrons. The number of aryl methyl sites for hydroxylation is 1. The first-order valence-electron chi connectivity index (χ1n) is 7.26. The van der Waals surface area contributed by atoms with Crippen molar-refractivity contribution < 1.29 is 18.4 Å². The fourth-order valence-electron chi connectivity index (χ4n) is 2.08. The zero-order valence-electron chi connectivity index (χ0n) is 13.6. The Morgan fingerprint density at radius 1 is 1.44 bits per heavy atom. The summed E-state index contributed by atoms with van der Waals surface area (Å²) in [6, 6.07) is 2.82. The number of pyridine rings is 1. The quantitative estimate of drug-likeness (QED) is 0.271. The van der Waals surface area contributed by atoms with E-state index in [9.17, 15) is 13.6 Å². The molecule has 0 atom stereocenters. The van der Waals surface area contributed by atoms with Gasteiger partial charge in [-0.3, -0.25) is 9.63 Å². The van der Waals surface area contributed by atoms with Crippen molar-refractivity contribution in [2.45, 2.75) is 6.92 Å². The lowest BCUT2D eigenvalue weighted by molar-refractivity contribution is 0.0422. The molecule has 5 nitrogen and oxygen atoms in total. The second kappa shape index (κ2) is 8.09. The van der Waals surface area contributed by atoms with Crippen molar-refractivity contribution in [2.24, 2.45) is 0 Å². The minimum Gasteiger partial charge on any atom is -0.337 e. The highest BCUT2D eigenvalue weighted by Gasteiger charge is 2.23. The zero-order valence-corrected chi connectivity index (χ0v) is 14.4. The minimum absolute atomic E-state index is 0.0462. The first kappa shape index (κ1) is 18.9. The number of rotatable bonds is 6. The van der Waals surface area contributed by atoms with Gasteiger partial charge in [-0.15, -0.1) is 6.58 Å². The van der Waals surface area contributed by atoms with Gasteiger partial charge in [0.25, 0.3) is 5.91 Å². The topological polar surface area (TPSA) is 63.2 Å². The molecule has 0 aliphatic carbocycles. The van der Waals surface area contributed by atoms with Crippen molar-refractivity contribution in [3.63, 3.8) is 0 Å². The van der Waals surface area contributed by atoms with Gasteiger partial charge >= 0.3 is 0 Å². The number of hydrogen-bond acceptors (Lipinski definition) is 4. The molecular formula is C16H15BClF2N3O2. The summed E-state index contributed by atoms with van der Waals surface area (Å²) in [5, 5.41) is 2.13. The Balaban J connectivity index is 2.45. The Morgan fingerprint density at radius 3 is 2.80 bits per heavy atom. The SMILES string of the molecule is Bc1cnc(Nc2c(C(=O)NOCC=C)cc(Cl)c(F)c2F)c(C)c1. The van der Waals surface area contributed by atoms with Crippen LogP contribution in [0.2, 0.25) is 5.02 Å². The molecule has 25 heavy (non-hydrogen) atoms. The molecule has 2 N–H and O–H groups in total. The summed E-state index contributed by atoms with van der Waals surface area (Å²) in [5.41, 5.74) is 3.09. The highest BCUT2D eigenvalue weighted by molar-refractivity contribution is 6.32. The van der Waals surface area contributed by atoms with Gasteiger partial charge in [-0.25, -0.2) is 19.2 Å². The summed E-state index contributed by atoms with van der Waals surface area (Å²) < 4.78 is 28.2. The third kappa shape index (κ3) is 4.34. The van der Waals surface area contributed by atoms with Gasteiger partial charge in [0, 0.05) is 6.20 Å². The van der Waals surface area contributed by atoms with Crippen molar-refractivity contribution in [1.29, 1.82) is 0 Å². The highest BCUT2D eigenvalue weighted by Crippen LogP contribution is 2.31. The molecule has 1 amide bonds. The number of anilines is 2. The summed E-state index contributed by atoms with van der Waals surface area (Å²) in [7, 11) is 1.85. The number of benzene rings is 1. The number of carbonyl (C=O) groups excluding carboxylic acids is 1. The van der Waals surface area contributed by atoms with Crippen LogP contribution in [0.3, 0.4) is 0 Å². The maximum Gasteiger partial charge on any atom is 0.277 e. The van der Waals surface area contributed by atoms with Gasteiger partial charge in [-0.1, -0.05) is 29.2 Å². The van der Waals surface area contributed by atoms with E-state index in [-0.39, 0.29) is 23.7 Å². The van der Waals surface area contributed by atoms with E-state index in [0.29, 0.717) is 5.56 Å². The van der Waals surface area contributed by atoms with Crippen LogP contribution < -0.4 is 16.3 Å². The van der Waals surface area contributed by atoms with Crippen LogP contribution in [0.5, 0.6) is 0 Å². The van der Waals surface area contributed by atoms with E-state index in [0.717, 1.165) is 11.5 Å². The zero-order chi connectivity index (χ0) is 18.6. The van der Waals surface area contributed by atoms with Gasteiger partial charge < -0.3 is 5.32 Å². The number of hydrogen-bond donors (Lipinski definition) is 2. The third-order valence-corrected chi connectivity index (χ3v) is 3.51. The van der Waals surface area contributed by atoms with Gasteiger partial charge in [-0.05, 0) is 18.6 Å². The molecule has 1 aromatic heterocycles. The summed E-state index contributed by atoms with van der Waals surface area (Å²) in [4.78, 5) is 21.2. The van der Waals surface area contributed by atoms with Gasteiger partial charge in [0.05, 0.1) is 22.9 Å². The number of amides is 1. The van der Waals surface area contributed by atoms with E-state index in [1.165, 1.54) is 6.08 Å². The van der Waals surface area contributed by atoms with Crippen LogP contribution in [0.4, 0.5) is 20.3 Å². The Bertz CT molecular complexity index is 834. The van der Waals surface area contributed by atoms with Crippen LogP contribution in [0.25, 0.3) is 0 Å². The summed E-state index contributed by atoms with van der Waals surface area (Å²) >= 11 is 5.66. The fourth-order valence-corrected chi connectivity index (χ4v) is 2.27. The van der Waals surface area contributed by atoms with Gasteiger partial charge in [0.2, 0.25) is 0 Å². The summed E-state index contributed by atoms with van der Waals surface area (Å²) in [6.45, 7) is 5.23. The van der Waals surface area contributed by atoms with Crippen LogP contribution in [-0.2, 0) is 4.84 Å². The maximum absolute atomic E-state index is 14.4. The molecule has 2 aromatic rings. The van der Waals surface area contributed by atoms with Crippen LogP contribution in [-0.4, -0.2) is 25.3 Å². The standard InChI is InChI=1S/C16H15BClF2N3O2/c1-3-4-25-23-16(24)10-6-11(18)12(19)13(20)14(10)22-15-8(2)5-9(17)7-21-15/h3,5-7H,1,4,17H2,2H3,(H,21,22)(H,23,24). The first-order chi connectivity index (χ1) is 11.8. The molecule has 0 aliphatic rings. The highest BCUT2D eigenvalue weighted by atomic mass is 35.5. The molecule has 1 aromatic carbocycles. The number of nitrogens with one attached hydrogen (secondary N) is 2. The third-order valence-electron chi connectivity index (χ3n) is 3.23. The van der Waals surface area contributed by atoms with Crippen molar-refractivity contribution in [1.82, 2.24) is 10.5 Å². The minimum atomic E-state index is -1.29. The molecular weight excluding hydrogens is 350 g/mol. The Morgan fingerprint density at radius 2 is 2.16 bits per heavy atom. The second-order valence-electron chi connectivity index (χ2n) is 5.24. The van der Waals surface area contributed by atoms with Gasteiger partial charge in [-0.2, -0.15) is 0 Å². The molecule has 0 spiro atoms. The molecule has 2 rings (SSSR count). The molecule has 9 heteroatoms. The van der Waals surface area contributed by atoms with Gasteiger partial charge in [0.15, 0.2) is 11.6 Å². The predicted molar refractivity (Wildman–Crippen MR) is 95.4 cm³/mol. The largest absolute Gasteiger partial charge is 0.337 e. The fraction of sp³-hybridized carbons (Fsp3) is 0.125. The molecule has 0 bridgehead atoms. The number of halogens is 3. The summed E-state index contributed by atoms with van der Waals surface area (Å²) in [5.74, 6) is -3.07. The number of carbonyl (C=O) groups is 1. The molecule has 0 aliphatic heterocycles. The van der Waals surface area contributed by atoms with Crippen molar-refractivity contribution >= 4 is 42.3 Å². The van der Waals surface area contributed by atoms with Gasteiger partial charge in [0.1, 0.15) is 13.7 Å². The van der Waals surface area contributed by atoms with E-state index in [2.05, 4.69) is 22.4 Å². The van der Waals surface area contributed by atoms with Crippen molar-refractivity contribution in [2.75, 3.05) is 11.9 Å². The monoisotopic (exact) mass is 365 g/mol.